The van der Waals surface area contributed by atoms with E-state index in [0.717, 1.165) is 0 Å². The van der Waals surface area contributed by atoms with E-state index in [2.05, 4.69) is 9.07 Å². The van der Waals surface area contributed by atoms with Crippen molar-refractivity contribution >= 4 is 16.4 Å². The van der Waals surface area contributed by atoms with Gasteiger partial charge in [-0.1, -0.05) is 0 Å². The molecule has 1 rings (SSSR count). The van der Waals surface area contributed by atoms with Crippen LogP contribution in [0.4, 0.5) is 0 Å². The molecule has 16 heavy (non-hydrogen) atoms. The Hall–Kier alpha value is -0.780. The Morgan fingerprint density at radius 1 is 1.44 bits per heavy atom. The van der Waals surface area contributed by atoms with E-state index in [1.54, 1.807) is 0 Å². The second-order valence-electron chi connectivity index (χ2n) is 3.10. The molecule has 1 heterocycles. The number of aliphatic hydroxyl groups is 1. The molecular formula is C6H10O9S. The fourth-order valence-electron chi connectivity index (χ4n) is 1.23. The van der Waals surface area contributed by atoms with Crippen molar-refractivity contribution in [2.75, 3.05) is 6.61 Å². The quantitative estimate of drug-likeness (QED) is 0.308. The molecular weight excluding hydrogens is 248 g/mol. The van der Waals surface area contributed by atoms with E-state index in [1.807, 2.05) is 0 Å². The predicted molar refractivity (Wildman–Crippen MR) is 45.5 cm³/mol. The summed E-state index contributed by atoms with van der Waals surface area (Å²) in [5.41, 5.74) is 0. The van der Waals surface area contributed by atoms with E-state index in [4.69, 9.17) is 14.5 Å². The first-order valence-electron chi connectivity index (χ1n) is 4.14. The summed E-state index contributed by atoms with van der Waals surface area (Å²) in [4.78, 5) is 14.2. The summed E-state index contributed by atoms with van der Waals surface area (Å²) in [7, 11) is -4.71. The van der Waals surface area contributed by atoms with Crippen molar-refractivity contribution in [3.63, 3.8) is 0 Å². The van der Waals surface area contributed by atoms with Crippen LogP contribution < -0.4 is 0 Å². The molecule has 0 aromatic carbocycles. The molecule has 2 unspecified atom stereocenters. The Balaban J connectivity index is 2.56. The molecule has 0 saturated carbocycles. The van der Waals surface area contributed by atoms with Crippen LogP contribution in [-0.2, 0) is 29.0 Å². The van der Waals surface area contributed by atoms with Gasteiger partial charge < -0.3 is 9.84 Å². The third-order valence-corrected chi connectivity index (χ3v) is 2.43. The largest absolute Gasteiger partial charge is 0.397 e. The summed E-state index contributed by atoms with van der Waals surface area (Å²) < 4.78 is 37.9. The number of ether oxygens (including phenoxy) is 1. The van der Waals surface area contributed by atoms with Crippen LogP contribution in [0.3, 0.4) is 0 Å². The Morgan fingerprint density at radius 3 is 2.50 bits per heavy atom. The minimum atomic E-state index is -4.71. The predicted octanol–water partition coefficient (Wildman–Crippen LogP) is -1.66. The summed E-state index contributed by atoms with van der Waals surface area (Å²) in [6.45, 7) is -0.444. The minimum Gasteiger partial charge on any atom is -0.390 e. The summed E-state index contributed by atoms with van der Waals surface area (Å²) in [6, 6.07) is 0. The van der Waals surface area contributed by atoms with Gasteiger partial charge in [0.2, 0.25) is 0 Å². The monoisotopic (exact) mass is 258 g/mol. The summed E-state index contributed by atoms with van der Waals surface area (Å²) in [5.74, 6) is -1.11. The minimum absolute atomic E-state index is 0.320. The van der Waals surface area contributed by atoms with Crippen LogP contribution in [0, 0.1) is 0 Å². The van der Waals surface area contributed by atoms with Crippen LogP contribution in [0.15, 0.2) is 0 Å². The van der Waals surface area contributed by atoms with Crippen LogP contribution in [0.2, 0.25) is 0 Å². The van der Waals surface area contributed by atoms with Crippen LogP contribution in [0.1, 0.15) is 6.42 Å². The summed E-state index contributed by atoms with van der Waals surface area (Å²) >= 11 is 0. The Bertz CT molecular complexity index is 349. The highest BCUT2D eigenvalue weighted by Crippen LogP contribution is 2.19. The average Bonchev–Trinajstić information content (AvgIpc) is 2.18. The fraction of sp³-hybridized carbons (Fsp3) is 0.833. The Morgan fingerprint density at radius 2 is 2.06 bits per heavy atom. The second kappa shape index (κ2) is 5.03. The highest BCUT2D eigenvalue weighted by Gasteiger charge is 2.37. The van der Waals surface area contributed by atoms with Crippen LogP contribution >= 0.6 is 0 Å². The smallest absolute Gasteiger partial charge is 0.390 e. The molecule has 0 radical (unpaired) electrons. The van der Waals surface area contributed by atoms with Crippen molar-refractivity contribution in [3.05, 3.63) is 0 Å². The van der Waals surface area contributed by atoms with Crippen molar-refractivity contribution in [2.45, 2.75) is 24.7 Å². The molecule has 1 aliphatic rings. The maximum absolute atomic E-state index is 10.8. The lowest BCUT2D eigenvalue weighted by molar-refractivity contribution is -0.250. The van der Waals surface area contributed by atoms with Gasteiger partial charge in [-0.15, -0.1) is 0 Å². The molecule has 0 bridgehead atoms. The first-order chi connectivity index (χ1) is 7.33. The van der Waals surface area contributed by atoms with Gasteiger partial charge in [-0.3, -0.25) is 9.44 Å². The number of aliphatic hydroxyl groups excluding tert-OH is 1. The first kappa shape index (κ1) is 13.3. The molecule has 0 amide bonds. The SMILES string of the molecule is O=C(OO)C1C[C@@H](O)C(OS(=O)(=O)O)CO1. The van der Waals surface area contributed by atoms with Crippen molar-refractivity contribution in [1.29, 1.82) is 0 Å². The molecule has 1 fully saturated rings. The lowest BCUT2D eigenvalue weighted by Crippen LogP contribution is -2.46. The Labute approximate surface area is 90.4 Å². The molecule has 1 aliphatic heterocycles. The molecule has 3 N–H and O–H groups in total. The number of hydrogen-bond donors (Lipinski definition) is 3. The van der Waals surface area contributed by atoms with Gasteiger partial charge in [0.15, 0.2) is 6.10 Å². The zero-order valence-electron chi connectivity index (χ0n) is 7.85. The van der Waals surface area contributed by atoms with E-state index in [0.29, 0.717) is 0 Å². The van der Waals surface area contributed by atoms with Gasteiger partial charge in [-0.05, 0) is 0 Å². The van der Waals surface area contributed by atoms with Crippen molar-refractivity contribution in [3.8, 4) is 0 Å². The van der Waals surface area contributed by atoms with Crippen molar-refractivity contribution in [1.82, 2.24) is 0 Å². The van der Waals surface area contributed by atoms with Gasteiger partial charge in [0, 0.05) is 6.42 Å². The molecule has 0 aliphatic carbocycles. The zero-order valence-corrected chi connectivity index (χ0v) is 8.66. The third-order valence-electron chi connectivity index (χ3n) is 1.94. The van der Waals surface area contributed by atoms with Gasteiger partial charge in [0.25, 0.3) is 0 Å². The average molecular weight is 258 g/mol. The van der Waals surface area contributed by atoms with E-state index in [1.165, 1.54) is 0 Å². The van der Waals surface area contributed by atoms with Gasteiger partial charge in [-0.2, -0.15) is 13.7 Å². The molecule has 94 valence electrons. The Kier molecular flexibility index (Phi) is 4.18. The molecule has 10 heteroatoms. The topological polar surface area (TPSA) is 140 Å². The first-order valence-corrected chi connectivity index (χ1v) is 5.50. The van der Waals surface area contributed by atoms with Crippen molar-refractivity contribution in [2.24, 2.45) is 0 Å². The molecule has 0 spiro atoms. The van der Waals surface area contributed by atoms with Crippen LogP contribution in [0.25, 0.3) is 0 Å². The number of carbonyl (C=O) groups is 1. The lowest BCUT2D eigenvalue weighted by Gasteiger charge is -2.30. The van der Waals surface area contributed by atoms with E-state index in [-0.39, 0.29) is 6.42 Å². The maximum Gasteiger partial charge on any atom is 0.397 e. The van der Waals surface area contributed by atoms with Crippen LogP contribution in [-0.4, -0.2) is 54.2 Å². The van der Waals surface area contributed by atoms with Crippen molar-refractivity contribution < 1.29 is 41.9 Å². The summed E-state index contributed by atoms with van der Waals surface area (Å²) in [6.07, 6.45) is -4.18. The lowest BCUT2D eigenvalue weighted by atomic mass is 10.0. The zero-order chi connectivity index (χ0) is 12.3. The van der Waals surface area contributed by atoms with E-state index in [9.17, 15) is 18.3 Å². The molecule has 9 nitrogen and oxygen atoms in total. The number of hydrogen-bond acceptors (Lipinski definition) is 8. The molecule has 3 atom stereocenters. The second-order valence-corrected chi connectivity index (χ2v) is 4.15. The van der Waals surface area contributed by atoms with Gasteiger partial charge >= 0.3 is 16.4 Å². The fourth-order valence-corrected chi connectivity index (χ4v) is 1.73. The molecule has 0 aromatic rings. The number of carbonyl (C=O) groups excluding carboxylic acids is 1. The van der Waals surface area contributed by atoms with E-state index < -0.39 is 41.3 Å². The normalized spacial score (nSPS) is 31.1. The maximum atomic E-state index is 10.8. The highest BCUT2D eigenvalue weighted by molar-refractivity contribution is 7.80. The van der Waals surface area contributed by atoms with Crippen LogP contribution in [0.5, 0.6) is 0 Å². The molecule has 1 saturated heterocycles. The third kappa shape index (κ3) is 3.66. The summed E-state index contributed by atoms with van der Waals surface area (Å²) in [5, 5.41) is 17.4. The highest BCUT2D eigenvalue weighted by atomic mass is 32.3. The van der Waals surface area contributed by atoms with Gasteiger partial charge in [-0.25, -0.2) is 8.98 Å². The van der Waals surface area contributed by atoms with Gasteiger partial charge in [0.05, 0.1) is 12.7 Å². The number of rotatable bonds is 3. The standard InChI is InChI=1S/C6H10O9S/c7-3-1-4(6(8)14-9)13-2-5(3)15-16(10,11)12/h3-5,7,9H,1-2H2,(H,10,11,12)/t3-,4?,5?/m1/s1. The van der Waals surface area contributed by atoms with Gasteiger partial charge in [0.1, 0.15) is 6.10 Å². The molecule has 0 aromatic heterocycles. The van der Waals surface area contributed by atoms with E-state index >= 15 is 0 Å².